The van der Waals surface area contributed by atoms with Crippen molar-refractivity contribution < 1.29 is 23.8 Å². The first-order valence-electron chi connectivity index (χ1n) is 9.53. The quantitative estimate of drug-likeness (QED) is 0.545. The molecule has 0 bridgehead atoms. The van der Waals surface area contributed by atoms with Crippen LogP contribution < -0.4 is 20.1 Å². The molecule has 0 fully saturated rings. The van der Waals surface area contributed by atoms with Gasteiger partial charge in [0.1, 0.15) is 0 Å². The van der Waals surface area contributed by atoms with E-state index in [0.29, 0.717) is 52.4 Å². The Balaban J connectivity index is 2.59. The summed E-state index contributed by atoms with van der Waals surface area (Å²) < 4.78 is 17.4. The zero-order valence-electron chi connectivity index (χ0n) is 16.7. The number of hydrogen-bond donors (Lipinski definition) is 2. The smallest absolute Gasteiger partial charge is 0.338 e. The van der Waals surface area contributed by atoms with Crippen LogP contribution in [0.1, 0.15) is 52.1 Å². The molecule has 1 aliphatic rings. The minimum atomic E-state index is -0.652. The topological polar surface area (TPSA) is 85.9 Å². The van der Waals surface area contributed by atoms with Crippen LogP contribution in [0.4, 0.5) is 4.79 Å². The largest absolute Gasteiger partial charge is 0.490 e. The Kier molecular flexibility index (Phi) is 8.17. The van der Waals surface area contributed by atoms with Gasteiger partial charge in [-0.25, -0.2) is 9.59 Å². The van der Waals surface area contributed by atoms with Gasteiger partial charge in [-0.2, -0.15) is 0 Å². The van der Waals surface area contributed by atoms with Crippen molar-refractivity contribution in [1.82, 2.24) is 10.6 Å². The molecule has 1 heterocycles. The maximum absolute atomic E-state index is 12.7. The Morgan fingerprint density at radius 1 is 1.11 bits per heavy atom. The summed E-state index contributed by atoms with van der Waals surface area (Å²) in [6.07, 6.45) is 1.34. The van der Waals surface area contributed by atoms with Gasteiger partial charge in [0.05, 0.1) is 35.9 Å². The molecule has 0 saturated carbocycles. The Labute approximate surface area is 173 Å². The molecule has 28 heavy (non-hydrogen) atoms. The first-order valence-corrected chi connectivity index (χ1v) is 10.3. The van der Waals surface area contributed by atoms with E-state index >= 15 is 0 Å². The van der Waals surface area contributed by atoms with Gasteiger partial charge in [0.25, 0.3) is 0 Å². The van der Waals surface area contributed by atoms with Gasteiger partial charge >= 0.3 is 12.0 Å². The number of urea groups is 1. The summed E-state index contributed by atoms with van der Waals surface area (Å²) in [4.78, 5) is 24.9. The van der Waals surface area contributed by atoms with Crippen LogP contribution in [0.3, 0.4) is 0 Å². The van der Waals surface area contributed by atoms with Crippen LogP contribution in [-0.2, 0) is 9.53 Å². The van der Waals surface area contributed by atoms with E-state index in [-0.39, 0.29) is 12.6 Å². The molecule has 0 aliphatic carbocycles. The third-order valence-corrected chi connectivity index (χ3v) is 4.69. The summed E-state index contributed by atoms with van der Waals surface area (Å²) in [6.45, 7) is 8.70. The lowest BCUT2D eigenvalue weighted by Crippen LogP contribution is -2.46. The Bertz CT molecular complexity index is 763. The molecule has 2 rings (SSSR count). The first-order chi connectivity index (χ1) is 13.5. The molecule has 1 unspecified atom stereocenters. The normalized spacial score (nSPS) is 16.3. The van der Waals surface area contributed by atoms with Gasteiger partial charge < -0.3 is 24.8 Å². The first kappa shape index (κ1) is 22.1. The number of nitrogens with one attached hydrogen (secondary N) is 2. The molecular weight excluding hydrogens is 428 g/mol. The van der Waals surface area contributed by atoms with E-state index in [0.717, 1.165) is 6.42 Å². The Hall–Kier alpha value is -2.22. The third kappa shape index (κ3) is 4.98. The Morgan fingerprint density at radius 2 is 1.82 bits per heavy atom. The average molecular weight is 455 g/mol. The fourth-order valence-electron chi connectivity index (χ4n) is 3.07. The molecule has 0 saturated heterocycles. The SMILES string of the molecule is CCCC1=C(C(=O)OCC)C(c2cc(Br)c(OCC)c(OCC)c2)NC(=O)N1. The van der Waals surface area contributed by atoms with Crippen molar-refractivity contribution in [2.24, 2.45) is 0 Å². The van der Waals surface area contributed by atoms with E-state index in [9.17, 15) is 9.59 Å². The zero-order chi connectivity index (χ0) is 20.7. The van der Waals surface area contributed by atoms with Crippen molar-refractivity contribution in [2.75, 3.05) is 19.8 Å². The average Bonchev–Trinajstić information content (AvgIpc) is 2.64. The minimum absolute atomic E-state index is 0.250. The highest BCUT2D eigenvalue weighted by molar-refractivity contribution is 9.10. The maximum atomic E-state index is 12.7. The fourth-order valence-corrected chi connectivity index (χ4v) is 3.64. The molecule has 154 valence electrons. The monoisotopic (exact) mass is 454 g/mol. The van der Waals surface area contributed by atoms with Gasteiger partial charge in [-0.1, -0.05) is 13.3 Å². The lowest BCUT2D eigenvalue weighted by atomic mass is 9.93. The van der Waals surface area contributed by atoms with Gasteiger partial charge in [-0.15, -0.1) is 0 Å². The minimum Gasteiger partial charge on any atom is -0.490 e. The van der Waals surface area contributed by atoms with Crippen molar-refractivity contribution >= 4 is 27.9 Å². The molecule has 0 radical (unpaired) electrons. The van der Waals surface area contributed by atoms with Crippen LogP contribution in [0.2, 0.25) is 0 Å². The zero-order valence-corrected chi connectivity index (χ0v) is 18.3. The van der Waals surface area contributed by atoms with E-state index in [1.807, 2.05) is 26.8 Å². The molecule has 1 aromatic rings. The van der Waals surface area contributed by atoms with Crippen molar-refractivity contribution in [3.8, 4) is 11.5 Å². The standard InChI is InChI=1S/C20H27BrN2O5/c1-5-9-14-16(19(24)28-8-4)17(23-20(25)22-14)12-10-13(21)18(27-7-3)15(11-12)26-6-2/h10-11,17H,5-9H2,1-4H3,(H2,22,23,25). The van der Waals surface area contributed by atoms with Crippen LogP contribution in [0.5, 0.6) is 11.5 Å². The molecule has 1 atom stereocenters. The molecular formula is C20H27BrN2O5. The number of amides is 2. The highest BCUT2D eigenvalue weighted by Crippen LogP contribution is 2.40. The second-order valence-corrected chi connectivity index (χ2v) is 6.94. The van der Waals surface area contributed by atoms with Crippen molar-refractivity contribution in [3.05, 3.63) is 33.4 Å². The second kappa shape index (κ2) is 10.4. The number of rotatable bonds is 9. The van der Waals surface area contributed by atoms with E-state index in [1.165, 1.54) is 0 Å². The van der Waals surface area contributed by atoms with Crippen molar-refractivity contribution in [2.45, 2.75) is 46.6 Å². The van der Waals surface area contributed by atoms with Gasteiger partial charge in [0, 0.05) is 5.70 Å². The lowest BCUT2D eigenvalue weighted by Gasteiger charge is -2.30. The highest BCUT2D eigenvalue weighted by Gasteiger charge is 2.34. The number of carbonyl (C=O) groups excluding carboxylic acids is 2. The molecule has 2 amide bonds. The van der Waals surface area contributed by atoms with Crippen LogP contribution in [0, 0.1) is 0 Å². The van der Waals surface area contributed by atoms with Crippen LogP contribution in [0.15, 0.2) is 27.9 Å². The molecule has 8 heteroatoms. The molecule has 7 nitrogen and oxygen atoms in total. The van der Waals surface area contributed by atoms with Gasteiger partial charge in [-0.05, 0) is 60.8 Å². The highest BCUT2D eigenvalue weighted by atomic mass is 79.9. The molecule has 0 aromatic heterocycles. The van der Waals surface area contributed by atoms with Gasteiger partial charge in [0.15, 0.2) is 11.5 Å². The predicted molar refractivity (Wildman–Crippen MR) is 109 cm³/mol. The summed E-state index contributed by atoms with van der Waals surface area (Å²) in [5, 5.41) is 5.59. The summed E-state index contributed by atoms with van der Waals surface area (Å²) in [5.74, 6) is 0.678. The summed E-state index contributed by atoms with van der Waals surface area (Å²) in [6, 6.07) is 2.61. The number of benzene rings is 1. The van der Waals surface area contributed by atoms with Gasteiger partial charge in [0.2, 0.25) is 0 Å². The molecule has 1 aromatic carbocycles. The molecule has 1 aliphatic heterocycles. The van der Waals surface area contributed by atoms with E-state index < -0.39 is 12.0 Å². The van der Waals surface area contributed by atoms with E-state index in [2.05, 4.69) is 26.6 Å². The molecule has 0 spiro atoms. The third-order valence-electron chi connectivity index (χ3n) is 4.10. The Morgan fingerprint density at radius 3 is 2.43 bits per heavy atom. The van der Waals surface area contributed by atoms with Crippen LogP contribution in [0.25, 0.3) is 0 Å². The number of esters is 1. The van der Waals surface area contributed by atoms with Crippen LogP contribution >= 0.6 is 15.9 Å². The van der Waals surface area contributed by atoms with Crippen molar-refractivity contribution in [3.63, 3.8) is 0 Å². The van der Waals surface area contributed by atoms with Crippen molar-refractivity contribution in [1.29, 1.82) is 0 Å². The second-order valence-electron chi connectivity index (χ2n) is 6.09. The predicted octanol–water partition coefficient (Wildman–Crippen LogP) is 4.22. The number of carbonyl (C=O) groups is 2. The summed E-state index contributed by atoms with van der Waals surface area (Å²) in [5.41, 5.74) is 1.68. The fraction of sp³-hybridized carbons (Fsp3) is 0.500. The van der Waals surface area contributed by atoms with E-state index in [1.54, 1.807) is 13.0 Å². The number of halogens is 1. The van der Waals surface area contributed by atoms with Gasteiger partial charge in [-0.3, -0.25) is 0 Å². The van der Waals surface area contributed by atoms with Crippen LogP contribution in [-0.4, -0.2) is 31.8 Å². The summed E-state index contributed by atoms with van der Waals surface area (Å²) in [7, 11) is 0. The summed E-state index contributed by atoms with van der Waals surface area (Å²) >= 11 is 3.52. The lowest BCUT2D eigenvalue weighted by molar-refractivity contribution is -0.139. The number of hydrogen-bond acceptors (Lipinski definition) is 5. The number of allylic oxidation sites excluding steroid dienone is 1. The maximum Gasteiger partial charge on any atom is 0.338 e. The molecule has 2 N–H and O–H groups in total. The van der Waals surface area contributed by atoms with E-state index in [4.69, 9.17) is 14.2 Å². The number of ether oxygens (including phenoxy) is 3.